The van der Waals surface area contributed by atoms with Crippen LogP contribution in [0, 0.1) is 0 Å². The molecule has 0 unspecified atom stereocenters. The number of nitrogens with zero attached hydrogens (tertiary/aromatic N) is 1. The third-order valence-corrected chi connectivity index (χ3v) is 14.0. The molecule has 60 heavy (non-hydrogen) atoms. The number of thiophene rings is 1. The molecule has 0 radical (unpaired) electrons. The van der Waals surface area contributed by atoms with E-state index in [9.17, 15) is 0 Å². The van der Waals surface area contributed by atoms with E-state index in [0.717, 1.165) is 5.69 Å². The van der Waals surface area contributed by atoms with E-state index >= 15 is 0 Å². The van der Waals surface area contributed by atoms with E-state index in [2.05, 4.69) is 241 Å². The van der Waals surface area contributed by atoms with Crippen molar-refractivity contribution in [2.75, 3.05) is 4.90 Å². The summed E-state index contributed by atoms with van der Waals surface area (Å²) >= 11 is 1.81. The summed E-state index contributed by atoms with van der Waals surface area (Å²) in [5.41, 5.74) is 17.7. The van der Waals surface area contributed by atoms with Crippen molar-refractivity contribution in [2.45, 2.75) is 10.8 Å². The van der Waals surface area contributed by atoms with E-state index in [-0.39, 0.29) is 0 Å². The molecule has 0 spiro atoms. The van der Waals surface area contributed by atoms with Crippen molar-refractivity contribution in [3.05, 3.63) is 280 Å². The van der Waals surface area contributed by atoms with Crippen LogP contribution in [0.15, 0.2) is 236 Å². The Hall–Kier alpha value is -7.26. The van der Waals surface area contributed by atoms with Gasteiger partial charge in [-0.3, -0.25) is 0 Å². The van der Waals surface area contributed by atoms with Crippen molar-refractivity contribution in [3.63, 3.8) is 0 Å². The minimum atomic E-state index is -0.578. The van der Waals surface area contributed by atoms with Crippen LogP contribution in [0.2, 0.25) is 0 Å². The van der Waals surface area contributed by atoms with Gasteiger partial charge >= 0.3 is 0 Å². The topological polar surface area (TPSA) is 3.24 Å². The molecule has 1 nitrogen and oxygen atoms in total. The molecule has 1 heterocycles. The molecule has 0 bridgehead atoms. The summed E-state index contributed by atoms with van der Waals surface area (Å²) in [5.74, 6) is 0. The van der Waals surface area contributed by atoms with Crippen LogP contribution in [0.4, 0.5) is 17.1 Å². The Labute approximate surface area is 355 Å². The molecule has 0 saturated heterocycles. The number of hydrogen-bond acceptors (Lipinski definition) is 2. The highest BCUT2D eigenvalue weighted by atomic mass is 32.1. The predicted octanol–water partition coefficient (Wildman–Crippen LogP) is 15.1. The number of fused-ring (bicyclic) bond motifs is 7. The summed E-state index contributed by atoms with van der Waals surface area (Å²) in [6, 6.07) is 85.8. The van der Waals surface area contributed by atoms with E-state index in [0.29, 0.717) is 0 Å². The first kappa shape index (κ1) is 34.8. The second kappa shape index (κ2) is 13.7. The first-order chi connectivity index (χ1) is 29.8. The van der Waals surface area contributed by atoms with Crippen LogP contribution < -0.4 is 4.90 Å². The molecule has 0 saturated carbocycles. The van der Waals surface area contributed by atoms with E-state index in [1.807, 2.05) is 11.3 Å². The van der Waals surface area contributed by atoms with Gasteiger partial charge in [0.15, 0.2) is 0 Å². The summed E-state index contributed by atoms with van der Waals surface area (Å²) in [7, 11) is 0. The molecule has 12 rings (SSSR count). The summed E-state index contributed by atoms with van der Waals surface area (Å²) in [4.78, 5) is 2.57. The predicted molar refractivity (Wildman–Crippen MR) is 251 cm³/mol. The molecular weight excluding hydrogens is 743 g/mol. The van der Waals surface area contributed by atoms with E-state index in [1.165, 1.54) is 88.2 Å². The average molecular weight is 782 g/mol. The number of hydrogen-bond donors (Lipinski definition) is 0. The van der Waals surface area contributed by atoms with Crippen LogP contribution in [0.1, 0.15) is 44.5 Å². The zero-order valence-electron chi connectivity index (χ0n) is 32.9. The molecule has 2 aliphatic rings. The number of benzene rings is 9. The van der Waals surface area contributed by atoms with Crippen LogP contribution in [0.3, 0.4) is 0 Å². The van der Waals surface area contributed by atoms with Gasteiger partial charge < -0.3 is 4.90 Å². The van der Waals surface area contributed by atoms with Gasteiger partial charge in [0, 0.05) is 11.3 Å². The van der Waals surface area contributed by atoms with Crippen LogP contribution in [-0.4, -0.2) is 0 Å². The highest BCUT2D eigenvalue weighted by molar-refractivity contribution is 7.17. The lowest BCUT2D eigenvalue weighted by molar-refractivity contribution is 0.767. The van der Waals surface area contributed by atoms with Crippen molar-refractivity contribution in [1.82, 2.24) is 0 Å². The third-order valence-electron chi connectivity index (χ3n) is 13.1. The van der Waals surface area contributed by atoms with E-state index in [4.69, 9.17) is 0 Å². The van der Waals surface area contributed by atoms with Crippen molar-refractivity contribution in [2.24, 2.45) is 0 Å². The highest BCUT2D eigenvalue weighted by Crippen LogP contribution is 2.62. The summed E-state index contributed by atoms with van der Waals surface area (Å²) in [6.07, 6.45) is 0. The zero-order chi connectivity index (χ0) is 39.7. The Morgan fingerprint density at radius 3 is 1.42 bits per heavy atom. The fraction of sp³-hybridized carbons (Fsp3) is 0.0345. The Morgan fingerprint density at radius 2 is 0.800 bits per heavy atom. The van der Waals surface area contributed by atoms with Gasteiger partial charge in [-0.1, -0.05) is 200 Å². The summed E-state index contributed by atoms with van der Waals surface area (Å²) < 4.78 is 1.26. The first-order valence-corrected chi connectivity index (χ1v) is 21.6. The second-order valence-corrected chi connectivity index (χ2v) is 16.9. The van der Waals surface area contributed by atoms with Crippen molar-refractivity contribution < 1.29 is 0 Å². The van der Waals surface area contributed by atoms with Crippen LogP contribution >= 0.6 is 11.3 Å². The standard InChI is InChI=1S/C58H39NS/c1-5-20-41(21-6-1)57(42-22-7-2-8-23-42)50-31-15-14-29-47(50)49-39-45(35-36-52(49)57)59(54-34-17-19-40-37-38-60-56(40)54)53-33-18-30-48-46-28-13-16-32-51(46)58(55(48)53,43-24-9-3-10-25-43)44-26-11-4-12-27-44/h1-39H. The van der Waals surface area contributed by atoms with E-state index < -0.39 is 10.8 Å². The van der Waals surface area contributed by atoms with Gasteiger partial charge in [-0.15, -0.1) is 11.3 Å². The van der Waals surface area contributed by atoms with Gasteiger partial charge in [0.05, 0.1) is 26.9 Å². The average Bonchev–Trinajstić information content (AvgIpc) is 4.02. The summed E-state index contributed by atoms with van der Waals surface area (Å²) in [5, 5.41) is 3.47. The maximum Gasteiger partial charge on any atom is 0.0734 e. The molecule has 2 aliphatic carbocycles. The molecule has 0 aliphatic heterocycles. The molecule has 0 fully saturated rings. The molecule has 1 aromatic heterocycles. The van der Waals surface area contributed by atoms with Crippen LogP contribution in [0.25, 0.3) is 32.3 Å². The smallest absolute Gasteiger partial charge is 0.0734 e. The lowest BCUT2D eigenvalue weighted by Gasteiger charge is -2.38. The molecule has 282 valence electrons. The van der Waals surface area contributed by atoms with Gasteiger partial charge in [-0.25, -0.2) is 0 Å². The fourth-order valence-corrected chi connectivity index (χ4v) is 11.7. The Morgan fingerprint density at radius 1 is 0.333 bits per heavy atom. The van der Waals surface area contributed by atoms with Crippen molar-refractivity contribution in [3.8, 4) is 22.3 Å². The third kappa shape index (κ3) is 4.80. The maximum absolute atomic E-state index is 2.57. The molecule has 10 aromatic rings. The zero-order valence-corrected chi connectivity index (χ0v) is 33.7. The van der Waals surface area contributed by atoms with Crippen LogP contribution in [-0.2, 0) is 10.8 Å². The largest absolute Gasteiger partial charge is 0.309 e. The van der Waals surface area contributed by atoms with Crippen LogP contribution in [0.5, 0.6) is 0 Å². The first-order valence-electron chi connectivity index (χ1n) is 20.8. The molecular formula is C58H39NS. The summed E-state index contributed by atoms with van der Waals surface area (Å²) in [6.45, 7) is 0. The molecule has 0 N–H and O–H groups in total. The SMILES string of the molecule is c1ccc(C2(c3ccccc3)c3ccccc3-c3cc(N(c4cccc5c4C(c4ccccc4)(c4ccccc4)c4ccccc4-5)c4cccc5ccsc45)ccc32)cc1. The Bertz CT molecular complexity index is 3120. The Kier molecular flexibility index (Phi) is 7.91. The normalized spacial score (nSPS) is 13.9. The van der Waals surface area contributed by atoms with Gasteiger partial charge in [0.25, 0.3) is 0 Å². The lowest BCUT2D eigenvalue weighted by Crippen LogP contribution is -2.30. The highest BCUT2D eigenvalue weighted by Gasteiger charge is 2.49. The van der Waals surface area contributed by atoms with Gasteiger partial charge in [0.1, 0.15) is 0 Å². The monoisotopic (exact) mass is 781 g/mol. The van der Waals surface area contributed by atoms with Gasteiger partial charge in [-0.05, 0) is 102 Å². The molecule has 2 heteroatoms. The number of rotatable bonds is 7. The molecule has 0 atom stereocenters. The maximum atomic E-state index is 2.57. The van der Waals surface area contributed by atoms with Gasteiger partial charge in [-0.2, -0.15) is 0 Å². The minimum absolute atomic E-state index is 0.475. The number of anilines is 3. The van der Waals surface area contributed by atoms with Crippen molar-refractivity contribution >= 4 is 38.5 Å². The molecule has 9 aromatic carbocycles. The quantitative estimate of drug-likeness (QED) is 0.156. The van der Waals surface area contributed by atoms with Crippen molar-refractivity contribution in [1.29, 1.82) is 0 Å². The second-order valence-electron chi connectivity index (χ2n) is 15.9. The fourth-order valence-electron chi connectivity index (χ4n) is 10.8. The minimum Gasteiger partial charge on any atom is -0.309 e. The van der Waals surface area contributed by atoms with Gasteiger partial charge in [0.2, 0.25) is 0 Å². The van der Waals surface area contributed by atoms with E-state index in [1.54, 1.807) is 0 Å². The molecule has 0 amide bonds. The Balaban J connectivity index is 1.19. The lowest BCUT2D eigenvalue weighted by atomic mass is 9.67.